The molecule has 2 unspecified atom stereocenters. The van der Waals surface area contributed by atoms with Gasteiger partial charge < -0.3 is 10.6 Å². The van der Waals surface area contributed by atoms with Crippen LogP contribution >= 0.6 is 15.9 Å². The molecule has 1 heterocycles. The number of carbonyl (C=O) groups excluding carboxylic acids is 1. The van der Waals surface area contributed by atoms with E-state index in [9.17, 15) is 4.79 Å². The van der Waals surface area contributed by atoms with Crippen LogP contribution < -0.4 is 10.6 Å². The molecule has 1 spiro atoms. The Morgan fingerprint density at radius 3 is 2.80 bits per heavy atom. The molecule has 1 aromatic rings. The Labute approximate surface area is 128 Å². The number of amides is 1. The summed E-state index contributed by atoms with van der Waals surface area (Å²) in [6, 6.07) is 8.13. The Kier molecular flexibility index (Phi) is 3.87. The minimum absolute atomic E-state index is 0.0532. The molecule has 2 atom stereocenters. The third kappa shape index (κ3) is 2.63. The lowest BCUT2D eigenvalue weighted by molar-refractivity contribution is -0.123. The zero-order chi connectivity index (χ0) is 14.2. The predicted octanol–water partition coefficient (Wildman–Crippen LogP) is 3.02. The van der Waals surface area contributed by atoms with Gasteiger partial charge in [0.15, 0.2) is 0 Å². The van der Waals surface area contributed by atoms with Gasteiger partial charge in [0, 0.05) is 10.4 Å². The van der Waals surface area contributed by atoms with E-state index < -0.39 is 0 Å². The number of carbonyl (C=O) groups is 1. The standard InChI is InChI=1S/C16H21BrN2O/c1-11(12-4-2-3-5-14(12)17)19-15(20)13-10-16(13)6-8-18-9-7-16/h2-5,11,13,18H,6-10H2,1H3,(H,19,20). The Hall–Kier alpha value is -0.870. The number of piperidine rings is 1. The van der Waals surface area contributed by atoms with Crippen LogP contribution in [0.5, 0.6) is 0 Å². The molecule has 0 radical (unpaired) electrons. The van der Waals surface area contributed by atoms with Crippen molar-refractivity contribution in [1.29, 1.82) is 0 Å². The summed E-state index contributed by atoms with van der Waals surface area (Å²) in [6.45, 7) is 4.17. The third-order valence-electron chi connectivity index (χ3n) is 4.84. The maximum atomic E-state index is 12.4. The van der Waals surface area contributed by atoms with Crippen molar-refractivity contribution in [2.75, 3.05) is 13.1 Å². The average molecular weight is 337 g/mol. The molecule has 2 aliphatic rings. The molecule has 1 aliphatic carbocycles. The molecule has 3 rings (SSSR count). The maximum Gasteiger partial charge on any atom is 0.224 e. The molecule has 2 fully saturated rings. The molecule has 4 heteroatoms. The molecule has 1 amide bonds. The lowest BCUT2D eigenvalue weighted by Gasteiger charge is -2.24. The summed E-state index contributed by atoms with van der Waals surface area (Å²) in [5.41, 5.74) is 1.45. The second-order valence-corrected chi connectivity index (χ2v) is 6.98. The molecule has 1 aromatic carbocycles. The summed E-state index contributed by atoms with van der Waals surface area (Å²) in [5, 5.41) is 6.56. The van der Waals surface area contributed by atoms with Crippen LogP contribution in [0.4, 0.5) is 0 Å². The van der Waals surface area contributed by atoms with Crippen LogP contribution in [0.15, 0.2) is 28.7 Å². The summed E-state index contributed by atoms with van der Waals surface area (Å²) < 4.78 is 1.06. The normalized spacial score (nSPS) is 25.2. The molecule has 3 nitrogen and oxygen atoms in total. The van der Waals surface area contributed by atoms with E-state index in [1.54, 1.807) is 0 Å². The van der Waals surface area contributed by atoms with E-state index >= 15 is 0 Å². The molecule has 1 saturated heterocycles. The van der Waals surface area contributed by atoms with Crippen LogP contribution in [0, 0.1) is 11.3 Å². The summed E-state index contributed by atoms with van der Waals surface area (Å²) in [4.78, 5) is 12.4. The van der Waals surface area contributed by atoms with Gasteiger partial charge in [-0.05, 0) is 56.3 Å². The SMILES string of the molecule is CC(NC(=O)C1CC12CCNCC2)c1ccccc1Br. The summed E-state index contributed by atoms with van der Waals surface area (Å²) in [6.07, 6.45) is 3.37. The van der Waals surface area contributed by atoms with Crippen molar-refractivity contribution in [3.63, 3.8) is 0 Å². The molecule has 0 aromatic heterocycles. The van der Waals surface area contributed by atoms with E-state index in [1.807, 2.05) is 18.2 Å². The van der Waals surface area contributed by atoms with Gasteiger partial charge in [0.1, 0.15) is 0 Å². The third-order valence-corrected chi connectivity index (χ3v) is 5.56. The fourth-order valence-electron chi connectivity index (χ4n) is 3.41. The minimum atomic E-state index is 0.0532. The molecular weight excluding hydrogens is 316 g/mol. The van der Waals surface area contributed by atoms with Crippen molar-refractivity contribution >= 4 is 21.8 Å². The highest BCUT2D eigenvalue weighted by atomic mass is 79.9. The Bertz CT molecular complexity index is 511. The van der Waals surface area contributed by atoms with Gasteiger partial charge in [0.25, 0.3) is 0 Å². The van der Waals surface area contributed by atoms with Crippen LogP contribution in [0.3, 0.4) is 0 Å². The van der Waals surface area contributed by atoms with Crippen LogP contribution in [0.25, 0.3) is 0 Å². The number of benzene rings is 1. The molecule has 1 aliphatic heterocycles. The van der Waals surface area contributed by atoms with Crippen molar-refractivity contribution in [2.45, 2.75) is 32.2 Å². The van der Waals surface area contributed by atoms with E-state index in [-0.39, 0.29) is 17.9 Å². The van der Waals surface area contributed by atoms with Crippen LogP contribution in [-0.2, 0) is 4.79 Å². The van der Waals surface area contributed by atoms with E-state index in [0.29, 0.717) is 5.41 Å². The van der Waals surface area contributed by atoms with Gasteiger partial charge in [-0.15, -0.1) is 0 Å². The van der Waals surface area contributed by atoms with Crippen LogP contribution in [0.1, 0.15) is 37.8 Å². The first-order valence-corrected chi connectivity index (χ1v) is 8.17. The van der Waals surface area contributed by atoms with Crippen molar-refractivity contribution in [1.82, 2.24) is 10.6 Å². The number of nitrogens with one attached hydrogen (secondary N) is 2. The fourth-order valence-corrected chi connectivity index (χ4v) is 4.04. The predicted molar refractivity (Wildman–Crippen MR) is 83.3 cm³/mol. The monoisotopic (exact) mass is 336 g/mol. The average Bonchev–Trinajstić information content (AvgIpc) is 3.13. The quantitative estimate of drug-likeness (QED) is 0.890. The molecule has 20 heavy (non-hydrogen) atoms. The van der Waals surface area contributed by atoms with Crippen molar-refractivity contribution in [3.8, 4) is 0 Å². The highest BCUT2D eigenvalue weighted by Crippen LogP contribution is 2.58. The van der Waals surface area contributed by atoms with Gasteiger partial charge in [-0.25, -0.2) is 0 Å². The van der Waals surface area contributed by atoms with Gasteiger partial charge in [-0.2, -0.15) is 0 Å². The first-order chi connectivity index (χ1) is 9.62. The molecular formula is C16H21BrN2O. The Balaban J connectivity index is 1.61. The molecule has 0 bridgehead atoms. The minimum Gasteiger partial charge on any atom is -0.349 e. The molecule has 108 valence electrons. The first kappa shape index (κ1) is 14.1. The topological polar surface area (TPSA) is 41.1 Å². The number of rotatable bonds is 3. The lowest BCUT2D eigenvalue weighted by Crippen LogP contribution is -2.34. The second kappa shape index (κ2) is 5.49. The number of hydrogen-bond donors (Lipinski definition) is 2. The van der Waals surface area contributed by atoms with Crippen molar-refractivity contribution in [3.05, 3.63) is 34.3 Å². The van der Waals surface area contributed by atoms with E-state index in [1.165, 1.54) is 0 Å². The highest BCUT2D eigenvalue weighted by Gasteiger charge is 2.57. The largest absolute Gasteiger partial charge is 0.349 e. The van der Waals surface area contributed by atoms with E-state index in [0.717, 1.165) is 42.4 Å². The Morgan fingerprint density at radius 2 is 2.10 bits per heavy atom. The van der Waals surface area contributed by atoms with Gasteiger partial charge in [-0.1, -0.05) is 34.1 Å². The highest BCUT2D eigenvalue weighted by molar-refractivity contribution is 9.10. The summed E-state index contributed by atoms with van der Waals surface area (Å²) >= 11 is 3.55. The van der Waals surface area contributed by atoms with Crippen molar-refractivity contribution < 1.29 is 4.79 Å². The van der Waals surface area contributed by atoms with E-state index in [2.05, 4.69) is 39.6 Å². The van der Waals surface area contributed by atoms with Crippen molar-refractivity contribution in [2.24, 2.45) is 11.3 Å². The van der Waals surface area contributed by atoms with Gasteiger partial charge in [0.05, 0.1) is 6.04 Å². The Morgan fingerprint density at radius 1 is 1.40 bits per heavy atom. The second-order valence-electron chi connectivity index (χ2n) is 6.12. The summed E-state index contributed by atoms with van der Waals surface area (Å²) in [5.74, 6) is 0.463. The lowest BCUT2D eigenvalue weighted by atomic mass is 9.91. The molecule has 1 saturated carbocycles. The number of hydrogen-bond acceptors (Lipinski definition) is 2. The maximum absolute atomic E-state index is 12.4. The first-order valence-electron chi connectivity index (χ1n) is 7.38. The van der Waals surface area contributed by atoms with Crippen LogP contribution in [0.2, 0.25) is 0 Å². The van der Waals surface area contributed by atoms with Crippen LogP contribution in [-0.4, -0.2) is 19.0 Å². The zero-order valence-electron chi connectivity index (χ0n) is 11.8. The van der Waals surface area contributed by atoms with Gasteiger partial charge >= 0.3 is 0 Å². The van der Waals surface area contributed by atoms with Gasteiger partial charge in [0.2, 0.25) is 5.91 Å². The zero-order valence-corrected chi connectivity index (χ0v) is 13.4. The molecule has 2 N–H and O–H groups in total. The van der Waals surface area contributed by atoms with Gasteiger partial charge in [-0.3, -0.25) is 4.79 Å². The van der Waals surface area contributed by atoms with E-state index in [4.69, 9.17) is 0 Å². The summed E-state index contributed by atoms with van der Waals surface area (Å²) in [7, 11) is 0. The fraction of sp³-hybridized carbons (Fsp3) is 0.562. The smallest absolute Gasteiger partial charge is 0.224 e. The number of halogens is 1.